The van der Waals surface area contributed by atoms with Crippen LogP contribution in [0.1, 0.15) is 18.9 Å². The zero-order chi connectivity index (χ0) is 15.6. The summed E-state index contributed by atoms with van der Waals surface area (Å²) in [5.74, 6) is 0. The third kappa shape index (κ3) is 3.56. The van der Waals surface area contributed by atoms with Gasteiger partial charge in [0.15, 0.2) is 9.84 Å². The van der Waals surface area contributed by atoms with Gasteiger partial charge in [-0.15, -0.1) is 0 Å². The molecule has 1 aromatic rings. The fourth-order valence-corrected chi connectivity index (χ4v) is 3.25. The lowest BCUT2D eigenvalue weighted by Crippen LogP contribution is -2.56. The van der Waals surface area contributed by atoms with E-state index in [0.29, 0.717) is 11.5 Å². The van der Waals surface area contributed by atoms with E-state index in [1.165, 1.54) is 6.26 Å². The first-order valence-corrected chi connectivity index (χ1v) is 8.97. The van der Waals surface area contributed by atoms with E-state index in [2.05, 4.69) is 5.32 Å². The first-order valence-electron chi connectivity index (χ1n) is 7.08. The molecule has 1 fully saturated rings. The molecule has 118 valence electrons. The third-order valence-corrected chi connectivity index (χ3v) is 4.99. The van der Waals surface area contributed by atoms with Crippen LogP contribution in [0.15, 0.2) is 23.1 Å². The van der Waals surface area contributed by atoms with Crippen LogP contribution in [-0.4, -0.2) is 46.6 Å². The van der Waals surface area contributed by atoms with E-state index in [1.54, 1.807) is 19.2 Å². The van der Waals surface area contributed by atoms with Crippen molar-refractivity contribution in [2.45, 2.75) is 43.4 Å². The van der Waals surface area contributed by atoms with Gasteiger partial charge in [0.25, 0.3) is 0 Å². The Balaban J connectivity index is 2.13. The molecule has 0 spiro atoms. The Hall–Kier alpha value is -1.11. The number of anilines is 1. The van der Waals surface area contributed by atoms with Gasteiger partial charge in [-0.05, 0) is 38.0 Å². The molecular weight excluding hydrogens is 290 g/mol. The maximum Gasteiger partial charge on any atom is 0.175 e. The fraction of sp³-hybridized carbons (Fsp3) is 0.600. The Morgan fingerprint density at radius 3 is 2.67 bits per heavy atom. The van der Waals surface area contributed by atoms with Gasteiger partial charge in [0.05, 0.1) is 17.0 Å². The average Bonchev–Trinajstić information content (AvgIpc) is 2.38. The molecule has 1 aliphatic rings. The van der Waals surface area contributed by atoms with Gasteiger partial charge in [0, 0.05) is 25.7 Å². The summed E-state index contributed by atoms with van der Waals surface area (Å²) in [5, 5.41) is 3.38. The second-order valence-corrected chi connectivity index (χ2v) is 7.45. The number of aryl methyl sites for hydroxylation is 1. The highest BCUT2D eigenvalue weighted by Crippen LogP contribution is 2.31. The Labute approximate surface area is 126 Å². The van der Waals surface area contributed by atoms with Gasteiger partial charge in [-0.1, -0.05) is 6.07 Å². The molecule has 6 heteroatoms. The minimum Gasteiger partial charge on any atom is -0.379 e. The molecule has 0 bridgehead atoms. The predicted molar refractivity (Wildman–Crippen MR) is 82.5 cm³/mol. The largest absolute Gasteiger partial charge is 0.379 e. The van der Waals surface area contributed by atoms with Gasteiger partial charge in [-0.25, -0.2) is 8.42 Å². The number of ether oxygens (including phenoxy) is 2. The summed E-state index contributed by atoms with van der Waals surface area (Å²) in [6, 6.07) is 5.28. The lowest BCUT2D eigenvalue weighted by atomic mass is 9.85. The van der Waals surface area contributed by atoms with Crippen LogP contribution < -0.4 is 5.32 Å². The predicted octanol–water partition coefficient (Wildman–Crippen LogP) is 2.00. The number of hydrogen-bond donors (Lipinski definition) is 1. The van der Waals surface area contributed by atoms with Crippen LogP contribution in [0, 0.1) is 6.92 Å². The van der Waals surface area contributed by atoms with E-state index in [4.69, 9.17) is 9.47 Å². The monoisotopic (exact) mass is 313 g/mol. The fourth-order valence-electron chi connectivity index (χ4n) is 2.60. The van der Waals surface area contributed by atoms with Gasteiger partial charge in [0.2, 0.25) is 0 Å². The van der Waals surface area contributed by atoms with Crippen LogP contribution in [0.3, 0.4) is 0 Å². The van der Waals surface area contributed by atoms with E-state index >= 15 is 0 Å². The van der Waals surface area contributed by atoms with Gasteiger partial charge >= 0.3 is 0 Å². The van der Waals surface area contributed by atoms with Gasteiger partial charge in [-0.3, -0.25) is 0 Å². The molecule has 1 N–H and O–H groups in total. The van der Waals surface area contributed by atoms with E-state index in [-0.39, 0.29) is 18.2 Å². The Morgan fingerprint density at radius 2 is 2.10 bits per heavy atom. The second-order valence-electron chi connectivity index (χ2n) is 5.43. The number of methoxy groups -OCH3 is 1. The lowest BCUT2D eigenvalue weighted by Gasteiger charge is -2.44. The molecule has 0 saturated heterocycles. The number of hydrogen-bond acceptors (Lipinski definition) is 5. The van der Waals surface area contributed by atoms with Crippen molar-refractivity contribution in [3.05, 3.63) is 23.8 Å². The molecule has 2 rings (SSSR count). The van der Waals surface area contributed by atoms with Crippen LogP contribution in [0.2, 0.25) is 0 Å². The minimum absolute atomic E-state index is 0.00811. The van der Waals surface area contributed by atoms with Gasteiger partial charge < -0.3 is 14.8 Å². The topological polar surface area (TPSA) is 64.6 Å². The van der Waals surface area contributed by atoms with E-state index in [1.807, 2.05) is 19.9 Å². The summed E-state index contributed by atoms with van der Waals surface area (Å²) in [6.07, 6.45) is 2.17. The van der Waals surface area contributed by atoms with Crippen molar-refractivity contribution < 1.29 is 17.9 Å². The van der Waals surface area contributed by atoms with Crippen LogP contribution >= 0.6 is 0 Å². The molecule has 1 aromatic carbocycles. The molecule has 3 unspecified atom stereocenters. The molecule has 0 aromatic heterocycles. The second kappa shape index (κ2) is 6.34. The number of nitrogens with one attached hydrogen (secondary N) is 1. The normalized spacial score (nSPS) is 25.4. The van der Waals surface area contributed by atoms with Crippen LogP contribution in [0.4, 0.5) is 5.69 Å². The highest BCUT2D eigenvalue weighted by molar-refractivity contribution is 7.90. The standard InChI is InChI=1S/C15H23NO4S/c1-5-20-14-9-13(15(14)19-3)16-12-8-11(21(4,17)18)7-6-10(12)2/h6-8,13-16H,5,9H2,1-4H3. The molecular formula is C15H23NO4S. The molecule has 1 aliphatic carbocycles. The van der Waals surface area contributed by atoms with Crippen LogP contribution in [0.5, 0.6) is 0 Å². The summed E-state index contributed by atoms with van der Waals surface area (Å²) in [6.45, 7) is 4.59. The van der Waals surface area contributed by atoms with Crippen LogP contribution in [-0.2, 0) is 19.3 Å². The molecule has 0 aliphatic heterocycles. The average molecular weight is 313 g/mol. The number of rotatable bonds is 6. The molecule has 21 heavy (non-hydrogen) atoms. The lowest BCUT2D eigenvalue weighted by molar-refractivity contribution is -0.118. The summed E-state index contributed by atoms with van der Waals surface area (Å²) in [7, 11) is -1.53. The Kier molecular flexibility index (Phi) is 4.91. The molecule has 0 amide bonds. The van der Waals surface area contributed by atoms with Crippen molar-refractivity contribution >= 4 is 15.5 Å². The smallest absolute Gasteiger partial charge is 0.175 e. The quantitative estimate of drug-likeness (QED) is 0.870. The molecule has 0 heterocycles. The highest BCUT2D eigenvalue weighted by Gasteiger charge is 2.42. The van der Waals surface area contributed by atoms with Crippen molar-refractivity contribution in [3.8, 4) is 0 Å². The summed E-state index contributed by atoms with van der Waals surface area (Å²) in [4.78, 5) is 0.324. The maximum absolute atomic E-state index is 11.7. The van der Waals surface area contributed by atoms with Crippen molar-refractivity contribution in [2.24, 2.45) is 0 Å². The zero-order valence-electron chi connectivity index (χ0n) is 12.9. The summed E-state index contributed by atoms with van der Waals surface area (Å²) < 4.78 is 34.4. The van der Waals surface area contributed by atoms with E-state index < -0.39 is 9.84 Å². The molecule has 1 saturated carbocycles. The highest BCUT2D eigenvalue weighted by atomic mass is 32.2. The van der Waals surface area contributed by atoms with Gasteiger partial charge in [-0.2, -0.15) is 0 Å². The Morgan fingerprint density at radius 1 is 1.38 bits per heavy atom. The maximum atomic E-state index is 11.7. The SMILES string of the molecule is CCOC1CC(Nc2cc(S(C)(=O)=O)ccc2C)C1OC. The van der Waals surface area contributed by atoms with Crippen molar-refractivity contribution in [1.29, 1.82) is 0 Å². The first-order chi connectivity index (χ1) is 9.86. The van der Waals surface area contributed by atoms with Crippen LogP contribution in [0.25, 0.3) is 0 Å². The minimum atomic E-state index is -3.20. The van der Waals surface area contributed by atoms with E-state index in [0.717, 1.165) is 17.7 Å². The zero-order valence-corrected chi connectivity index (χ0v) is 13.7. The Bertz CT molecular complexity index is 600. The van der Waals surface area contributed by atoms with Crippen molar-refractivity contribution in [2.75, 3.05) is 25.3 Å². The third-order valence-electron chi connectivity index (χ3n) is 3.88. The van der Waals surface area contributed by atoms with Crippen molar-refractivity contribution in [1.82, 2.24) is 0 Å². The number of sulfone groups is 1. The molecule has 3 atom stereocenters. The van der Waals surface area contributed by atoms with Gasteiger partial charge in [0.1, 0.15) is 6.10 Å². The molecule has 0 radical (unpaired) electrons. The van der Waals surface area contributed by atoms with Crippen molar-refractivity contribution in [3.63, 3.8) is 0 Å². The summed E-state index contributed by atoms with van der Waals surface area (Å²) >= 11 is 0. The van der Waals surface area contributed by atoms with E-state index in [9.17, 15) is 8.42 Å². The summed E-state index contributed by atoms with van der Waals surface area (Å²) in [5.41, 5.74) is 1.84. The molecule has 5 nitrogen and oxygen atoms in total. The number of benzene rings is 1. The first kappa shape index (κ1) is 16.3.